The van der Waals surface area contributed by atoms with Crippen molar-refractivity contribution in [2.45, 2.75) is 13.0 Å². The molecule has 3 aromatic carbocycles. The van der Waals surface area contributed by atoms with Crippen LogP contribution in [0.4, 0.5) is 0 Å². The zero-order valence-electron chi connectivity index (χ0n) is 18.2. The van der Waals surface area contributed by atoms with Gasteiger partial charge in [0.1, 0.15) is 11.3 Å². The highest BCUT2D eigenvalue weighted by atomic mass is 16.5. The van der Waals surface area contributed by atoms with Crippen molar-refractivity contribution in [3.8, 4) is 5.75 Å². The highest BCUT2D eigenvalue weighted by Crippen LogP contribution is 2.26. The zero-order chi connectivity index (χ0) is 23.0. The fourth-order valence-corrected chi connectivity index (χ4v) is 3.54. The number of para-hydroxylation sites is 2. The second kappa shape index (κ2) is 10.5. The lowest BCUT2D eigenvalue weighted by Gasteiger charge is -2.12. The molecule has 0 aliphatic heterocycles. The fourth-order valence-electron chi connectivity index (χ4n) is 3.54. The fraction of sp³-hybridized carbons (Fsp3) is 0.154. The van der Waals surface area contributed by atoms with E-state index < -0.39 is 11.8 Å². The molecule has 0 aliphatic rings. The summed E-state index contributed by atoms with van der Waals surface area (Å²) in [6.07, 6.45) is 0.684. The maximum atomic E-state index is 12.6. The molecule has 2 amide bonds. The van der Waals surface area contributed by atoms with E-state index in [4.69, 9.17) is 13.9 Å². The van der Waals surface area contributed by atoms with Crippen molar-refractivity contribution in [3.05, 3.63) is 101 Å². The van der Waals surface area contributed by atoms with Crippen LogP contribution in [0.15, 0.2) is 83.3 Å². The van der Waals surface area contributed by atoms with Gasteiger partial charge in [0, 0.05) is 24.5 Å². The van der Waals surface area contributed by atoms with Gasteiger partial charge >= 0.3 is 5.91 Å². The average Bonchev–Trinajstić information content (AvgIpc) is 3.21. The van der Waals surface area contributed by atoms with Crippen molar-refractivity contribution < 1.29 is 23.5 Å². The van der Waals surface area contributed by atoms with Crippen LogP contribution in [0.25, 0.3) is 11.0 Å². The van der Waals surface area contributed by atoms with Crippen molar-refractivity contribution in [1.82, 2.24) is 10.9 Å². The molecule has 7 nitrogen and oxygen atoms in total. The highest BCUT2D eigenvalue weighted by Gasteiger charge is 2.21. The molecular formula is C26H24N2O5. The lowest BCUT2D eigenvalue weighted by molar-refractivity contribution is -0.123. The first-order chi connectivity index (χ1) is 16.2. The summed E-state index contributed by atoms with van der Waals surface area (Å²) in [5.41, 5.74) is 8.04. The molecule has 0 atom stereocenters. The number of methoxy groups -OCH3 is 1. The minimum Gasteiger partial charge on any atom is -0.483 e. The van der Waals surface area contributed by atoms with Crippen molar-refractivity contribution in [2.24, 2.45) is 0 Å². The van der Waals surface area contributed by atoms with Crippen molar-refractivity contribution >= 4 is 22.8 Å². The summed E-state index contributed by atoms with van der Waals surface area (Å²) in [6, 6.07) is 24.8. The highest BCUT2D eigenvalue weighted by molar-refractivity contribution is 5.99. The predicted molar refractivity (Wildman–Crippen MR) is 124 cm³/mol. The summed E-state index contributed by atoms with van der Waals surface area (Å²) in [6.45, 7) is -0.0494. The van der Waals surface area contributed by atoms with Crippen molar-refractivity contribution in [2.75, 3.05) is 13.7 Å². The second-order valence-electron chi connectivity index (χ2n) is 7.40. The minimum atomic E-state index is -0.573. The van der Waals surface area contributed by atoms with E-state index in [1.165, 1.54) is 7.11 Å². The van der Waals surface area contributed by atoms with Gasteiger partial charge in [-0.1, -0.05) is 66.7 Å². The van der Waals surface area contributed by atoms with Crippen molar-refractivity contribution in [1.29, 1.82) is 0 Å². The maximum Gasteiger partial charge on any atom is 0.305 e. The molecule has 1 aromatic heterocycles. The van der Waals surface area contributed by atoms with E-state index in [-0.39, 0.29) is 19.0 Å². The SMILES string of the molecule is COCc1c(C(=O)NNC(=O)COc2ccccc2Cc2ccccc2)oc2ccccc12. The van der Waals surface area contributed by atoms with E-state index >= 15 is 0 Å². The quantitative estimate of drug-likeness (QED) is 0.401. The molecule has 168 valence electrons. The number of ether oxygens (including phenoxy) is 2. The lowest BCUT2D eigenvalue weighted by atomic mass is 10.0. The number of furan rings is 1. The first-order valence-electron chi connectivity index (χ1n) is 10.5. The number of carbonyl (C=O) groups excluding carboxylic acids is 2. The van der Waals surface area contributed by atoms with Crippen molar-refractivity contribution in [3.63, 3.8) is 0 Å². The molecule has 0 saturated carbocycles. The standard InChI is InChI=1S/C26H24N2O5/c1-31-16-21-20-12-6-8-14-23(20)33-25(21)26(30)28-27-24(29)17-32-22-13-7-5-11-19(22)15-18-9-3-2-4-10-18/h2-14H,15-17H2,1H3,(H,27,29)(H,28,30). The zero-order valence-corrected chi connectivity index (χ0v) is 18.2. The van der Waals surface area contributed by atoms with E-state index in [1.807, 2.05) is 72.8 Å². The van der Waals surface area contributed by atoms with E-state index in [2.05, 4.69) is 10.9 Å². The molecule has 0 fully saturated rings. The van der Waals surface area contributed by atoms with E-state index in [9.17, 15) is 9.59 Å². The predicted octanol–water partition coefficient (Wildman–Crippen LogP) is 4.01. The summed E-state index contributed by atoms with van der Waals surface area (Å²) in [4.78, 5) is 24.9. The number of hydrazine groups is 1. The van der Waals surface area contributed by atoms with Gasteiger partial charge in [0.05, 0.1) is 6.61 Å². The number of carbonyl (C=O) groups is 2. The number of fused-ring (bicyclic) bond motifs is 1. The molecule has 0 aliphatic carbocycles. The Bertz CT molecular complexity index is 1250. The van der Waals surface area contributed by atoms with Crippen LogP contribution in [0, 0.1) is 0 Å². The summed E-state index contributed by atoms with van der Waals surface area (Å²) in [7, 11) is 1.54. The smallest absolute Gasteiger partial charge is 0.305 e. The van der Waals surface area contributed by atoms with Gasteiger partial charge in [0.2, 0.25) is 0 Å². The van der Waals surface area contributed by atoms with E-state index in [0.29, 0.717) is 23.3 Å². The van der Waals surface area contributed by atoms with Crippen LogP contribution in [-0.4, -0.2) is 25.5 Å². The molecule has 2 N–H and O–H groups in total. The van der Waals surface area contributed by atoms with E-state index in [0.717, 1.165) is 16.5 Å². The first-order valence-corrected chi connectivity index (χ1v) is 10.5. The van der Waals surface area contributed by atoms with Crippen LogP contribution in [0.3, 0.4) is 0 Å². The molecule has 0 radical (unpaired) electrons. The molecule has 0 saturated heterocycles. The van der Waals surface area contributed by atoms with Gasteiger partial charge in [-0.25, -0.2) is 0 Å². The number of nitrogens with one attached hydrogen (secondary N) is 2. The largest absolute Gasteiger partial charge is 0.483 e. The Hall–Kier alpha value is -4.10. The summed E-state index contributed by atoms with van der Waals surface area (Å²) >= 11 is 0. The van der Waals surface area contributed by atoms with Gasteiger partial charge in [-0.3, -0.25) is 20.4 Å². The number of amides is 2. The minimum absolute atomic E-state index is 0.0903. The first kappa shape index (κ1) is 22.1. The Morgan fingerprint density at radius 1 is 0.879 bits per heavy atom. The Labute approximate surface area is 191 Å². The number of benzene rings is 3. The third kappa shape index (κ3) is 5.39. The molecule has 4 aromatic rings. The normalized spacial score (nSPS) is 10.7. The number of rotatable bonds is 8. The summed E-state index contributed by atoms with van der Waals surface area (Å²) < 4.78 is 16.6. The van der Waals surface area contributed by atoms with Crippen LogP contribution in [0.1, 0.15) is 27.2 Å². The average molecular weight is 444 g/mol. The van der Waals surface area contributed by atoms with Gasteiger partial charge in [-0.15, -0.1) is 0 Å². The molecule has 0 spiro atoms. The van der Waals surface area contributed by atoms with Gasteiger partial charge < -0.3 is 13.9 Å². The monoisotopic (exact) mass is 444 g/mol. The van der Waals surface area contributed by atoms with Crippen LogP contribution in [-0.2, 0) is 22.6 Å². The lowest BCUT2D eigenvalue weighted by Crippen LogP contribution is -2.44. The molecule has 7 heteroatoms. The summed E-state index contributed by atoms with van der Waals surface area (Å²) in [5, 5.41) is 0.786. The third-order valence-corrected chi connectivity index (χ3v) is 5.08. The molecular weight excluding hydrogens is 420 g/mol. The second-order valence-corrected chi connectivity index (χ2v) is 7.40. The number of hydrogen-bond donors (Lipinski definition) is 2. The molecule has 4 rings (SSSR count). The Kier molecular flexibility index (Phi) is 7.02. The van der Waals surface area contributed by atoms with Gasteiger partial charge in [0.25, 0.3) is 5.91 Å². The van der Waals surface area contributed by atoms with Gasteiger partial charge in [-0.2, -0.15) is 0 Å². The Morgan fingerprint density at radius 3 is 2.42 bits per heavy atom. The Balaban J connectivity index is 1.36. The van der Waals surface area contributed by atoms with Gasteiger partial charge in [0.15, 0.2) is 12.4 Å². The summed E-state index contributed by atoms with van der Waals surface area (Å²) in [5.74, 6) is -0.367. The topological polar surface area (TPSA) is 89.8 Å². The van der Waals surface area contributed by atoms with Crippen LogP contribution < -0.4 is 15.6 Å². The number of hydrogen-bond acceptors (Lipinski definition) is 5. The van der Waals surface area contributed by atoms with E-state index in [1.54, 1.807) is 6.07 Å². The Morgan fingerprint density at radius 2 is 1.61 bits per heavy atom. The molecule has 0 bridgehead atoms. The molecule has 33 heavy (non-hydrogen) atoms. The van der Waals surface area contributed by atoms with Crippen LogP contribution in [0.5, 0.6) is 5.75 Å². The van der Waals surface area contributed by atoms with Crippen LogP contribution in [0.2, 0.25) is 0 Å². The third-order valence-electron chi connectivity index (χ3n) is 5.08. The van der Waals surface area contributed by atoms with Crippen LogP contribution >= 0.6 is 0 Å². The maximum absolute atomic E-state index is 12.6. The van der Waals surface area contributed by atoms with Gasteiger partial charge in [-0.05, 0) is 23.3 Å². The molecule has 0 unspecified atom stereocenters. The molecule has 1 heterocycles.